The Bertz CT molecular complexity index is 337. The van der Waals surface area contributed by atoms with Crippen molar-refractivity contribution in [3.8, 4) is 0 Å². The number of pyridine rings is 1. The first-order valence-electron chi connectivity index (χ1n) is 4.95. The molecule has 0 bridgehead atoms. The smallest absolute Gasteiger partial charge is 0.242 e. The fourth-order valence-electron chi connectivity index (χ4n) is 1.56. The molecular formula is C11H17N3O. The Hall–Kier alpha value is -1.42. The minimum Gasteiger partial charge on any atom is -0.368 e. The number of carbonyl (C=O) groups is 1. The van der Waals surface area contributed by atoms with Gasteiger partial charge in [-0.3, -0.25) is 15.1 Å². The molecule has 3 N–H and O–H groups in total. The van der Waals surface area contributed by atoms with Gasteiger partial charge in [0.15, 0.2) is 0 Å². The second kappa shape index (κ2) is 4.40. The largest absolute Gasteiger partial charge is 0.368 e. The summed E-state index contributed by atoms with van der Waals surface area (Å²) in [6, 6.07) is 3.76. The van der Waals surface area contributed by atoms with Gasteiger partial charge < -0.3 is 5.73 Å². The summed E-state index contributed by atoms with van der Waals surface area (Å²) in [5, 5.41) is 3.17. The van der Waals surface area contributed by atoms with E-state index in [4.69, 9.17) is 5.73 Å². The normalized spacial score (nSPS) is 14.9. The number of nitrogens with zero attached hydrogens (tertiary/aromatic N) is 1. The fourth-order valence-corrected chi connectivity index (χ4v) is 1.56. The molecule has 0 saturated carbocycles. The number of aromatic nitrogens is 1. The van der Waals surface area contributed by atoms with Gasteiger partial charge in [0.25, 0.3) is 0 Å². The molecule has 0 spiro atoms. The van der Waals surface area contributed by atoms with Gasteiger partial charge in [0.05, 0.1) is 0 Å². The number of hydrogen-bond acceptors (Lipinski definition) is 3. The summed E-state index contributed by atoms with van der Waals surface area (Å²) in [5.74, 6) is -0.387. The van der Waals surface area contributed by atoms with Crippen LogP contribution in [0, 0.1) is 0 Å². The number of primary amides is 1. The van der Waals surface area contributed by atoms with Crippen LogP contribution in [0.5, 0.6) is 0 Å². The lowest BCUT2D eigenvalue weighted by atomic mass is 9.91. The van der Waals surface area contributed by atoms with E-state index in [-0.39, 0.29) is 11.9 Å². The molecule has 1 aromatic heterocycles. The quantitative estimate of drug-likeness (QED) is 0.766. The molecule has 1 amide bonds. The van der Waals surface area contributed by atoms with Crippen molar-refractivity contribution >= 4 is 5.91 Å². The Labute approximate surface area is 89.9 Å². The number of nitrogens with one attached hydrogen (secondary N) is 1. The number of hydrogen-bond donors (Lipinski definition) is 2. The van der Waals surface area contributed by atoms with Crippen molar-refractivity contribution in [1.82, 2.24) is 10.3 Å². The van der Waals surface area contributed by atoms with Gasteiger partial charge in [-0.1, -0.05) is 0 Å². The highest BCUT2D eigenvalue weighted by molar-refractivity contribution is 5.85. The highest BCUT2D eigenvalue weighted by Gasteiger charge is 2.33. The second-order valence-corrected chi connectivity index (χ2v) is 4.02. The summed E-state index contributed by atoms with van der Waals surface area (Å²) in [6.07, 6.45) is 3.30. The summed E-state index contributed by atoms with van der Waals surface area (Å²) in [4.78, 5) is 15.4. The minimum atomic E-state index is -0.836. The molecule has 1 aromatic rings. The van der Waals surface area contributed by atoms with E-state index in [9.17, 15) is 4.79 Å². The SMILES string of the molecule is CC(C)NC(C)(C(N)=O)c1ccncc1. The van der Waals surface area contributed by atoms with Gasteiger partial charge in [0.1, 0.15) is 5.54 Å². The van der Waals surface area contributed by atoms with E-state index in [1.807, 2.05) is 13.8 Å². The lowest BCUT2D eigenvalue weighted by molar-refractivity contribution is -0.124. The van der Waals surface area contributed by atoms with Gasteiger partial charge in [-0.15, -0.1) is 0 Å². The van der Waals surface area contributed by atoms with Crippen LogP contribution in [-0.4, -0.2) is 16.9 Å². The number of rotatable bonds is 4. The molecule has 0 aliphatic carbocycles. The zero-order valence-corrected chi connectivity index (χ0v) is 9.32. The Kier molecular flexibility index (Phi) is 3.42. The highest BCUT2D eigenvalue weighted by atomic mass is 16.1. The van der Waals surface area contributed by atoms with Crippen LogP contribution < -0.4 is 11.1 Å². The molecule has 0 aromatic carbocycles. The summed E-state index contributed by atoms with van der Waals surface area (Å²) in [6.45, 7) is 5.73. The zero-order chi connectivity index (χ0) is 11.5. The fraction of sp³-hybridized carbons (Fsp3) is 0.455. The van der Waals surface area contributed by atoms with Gasteiger partial charge in [-0.25, -0.2) is 0 Å². The molecular weight excluding hydrogens is 190 g/mol. The van der Waals surface area contributed by atoms with E-state index in [0.29, 0.717) is 0 Å². The third-order valence-corrected chi connectivity index (χ3v) is 2.33. The van der Waals surface area contributed by atoms with Gasteiger partial charge in [0, 0.05) is 18.4 Å². The van der Waals surface area contributed by atoms with Crippen LogP contribution in [0.3, 0.4) is 0 Å². The maximum Gasteiger partial charge on any atom is 0.242 e. The summed E-state index contributed by atoms with van der Waals surface area (Å²) >= 11 is 0. The molecule has 4 nitrogen and oxygen atoms in total. The van der Waals surface area contributed by atoms with Crippen molar-refractivity contribution in [1.29, 1.82) is 0 Å². The summed E-state index contributed by atoms with van der Waals surface area (Å²) in [7, 11) is 0. The highest BCUT2D eigenvalue weighted by Crippen LogP contribution is 2.20. The first kappa shape index (κ1) is 11.7. The lowest BCUT2D eigenvalue weighted by Gasteiger charge is -2.30. The Balaban J connectivity index is 3.07. The van der Waals surface area contributed by atoms with Crippen LogP contribution in [-0.2, 0) is 10.3 Å². The molecule has 0 radical (unpaired) electrons. The maximum atomic E-state index is 11.5. The van der Waals surface area contributed by atoms with Crippen molar-refractivity contribution in [3.63, 3.8) is 0 Å². The van der Waals surface area contributed by atoms with E-state index in [1.54, 1.807) is 31.5 Å². The average Bonchev–Trinajstić information content (AvgIpc) is 2.17. The molecule has 0 saturated heterocycles. The van der Waals surface area contributed by atoms with E-state index < -0.39 is 5.54 Å². The van der Waals surface area contributed by atoms with Crippen LogP contribution in [0.15, 0.2) is 24.5 Å². The molecule has 4 heteroatoms. The second-order valence-electron chi connectivity index (χ2n) is 4.02. The maximum absolute atomic E-state index is 11.5. The minimum absolute atomic E-state index is 0.177. The van der Waals surface area contributed by atoms with Gasteiger partial charge >= 0.3 is 0 Å². The monoisotopic (exact) mass is 207 g/mol. The predicted molar refractivity (Wildman–Crippen MR) is 59.1 cm³/mol. The number of amides is 1. The van der Waals surface area contributed by atoms with Crippen molar-refractivity contribution in [2.75, 3.05) is 0 Å². The average molecular weight is 207 g/mol. The van der Waals surface area contributed by atoms with Crippen LogP contribution in [0.25, 0.3) is 0 Å². The summed E-state index contributed by atoms with van der Waals surface area (Å²) < 4.78 is 0. The molecule has 1 atom stereocenters. The standard InChI is InChI=1S/C11H17N3O/c1-8(2)14-11(3,10(12)15)9-4-6-13-7-5-9/h4-8,14H,1-3H3,(H2,12,15). The molecule has 1 heterocycles. The van der Waals surface area contributed by atoms with Crippen molar-refractivity contribution in [2.45, 2.75) is 32.4 Å². The predicted octanol–water partition coefficient (Wildman–Crippen LogP) is 0.780. The Morgan fingerprint density at radius 2 is 2.00 bits per heavy atom. The van der Waals surface area contributed by atoms with E-state index in [1.165, 1.54) is 0 Å². The first-order chi connectivity index (χ1) is 6.97. The van der Waals surface area contributed by atoms with E-state index in [2.05, 4.69) is 10.3 Å². The van der Waals surface area contributed by atoms with Crippen molar-refractivity contribution in [3.05, 3.63) is 30.1 Å². The molecule has 15 heavy (non-hydrogen) atoms. The molecule has 1 unspecified atom stereocenters. The van der Waals surface area contributed by atoms with Gasteiger partial charge in [-0.05, 0) is 38.5 Å². The lowest BCUT2D eigenvalue weighted by Crippen LogP contribution is -2.52. The zero-order valence-electron chi connectivity index (χ0n) is 9.32. The Morgan fingerprint density at radius 1 is 1.47 bits per heavy atom. The van der Waals surface area contributed by atoms with Gasteiger partial charge in [-0.2, -0.15) is 0 Å². The van der Waals surface area contributed by atoms with Crippen molar-refractivity contribution < 1.29 is 4.79 Å². The van der Waals surface area contributed by atoms with Crippen LogP contribution in [0.4, 0.5) is 0 Å². The Morgan fingerprint density at radius 3 is 2.40 bits per heavy atom. The van der Waals surface area contributed by atoms with Crippen LogP contribution >= 0.6 is 0 Å². The number of carbonyl (C=O) groups excluding carboxylic acids is 1. The third kappa shape index (κ3) is 2.53. The molecule has 1 rings (SSSR count). The topological polar surface area (TPSA) is 68.0 Å². The van der Waals surface area contributed by atoms with Crippen molar-refractivity contribution in [2.24, 2.45) is 5.73 Å². The third-order valence-electron chi connectivity index (χ3n) is 2.33. The molecule has 82 valence electrons. The van der Waals surface area contributed by atoms with Crippen LogP contribution in [0.1, 0.15) is 26.3 Å². The van der Waals surface area contributed by atoms with E-state index >= 15 is 0 Å². The van der Waals surface area contributed by atoms with Gasteiger partial charge in [0.2, 0.25) is 5.91 Å². The molecule has 0 aliphatic heterocycles. The first-order valence-corrected chi connectivity index (χ1v) is 4.95. The summed E-state index contributed by atoms with van der Waals surface area (Å²) in [5.41, 5.74) is 5.43. The van der Waals surface area contributed by atoms with E-state index in [0.717, 1.165) is 5.56 Å². The molecule has 0 fully saturated rings. The van der Waals surface area contributed by atoms with Crippen LogP contribution in [0.2, 0.25) is 0 Å². The number of nitrogens with two attached hydrogens (primary N) is 1. The molecule has 0 aliphatic rings.